The molecule has 1 spiro atoms. The minimum absolute atomic E-state index is 0.00154. The van der Waals surface area contributed by atoms with Crippen LogP contribution in [-0.4, -0.2) is 50.9 Å². The molecule has 1 fully saturated rings. The van der Waals surface area contributed by atoms with Crippen molar-refractivity contribution in [2.24, 2.45) is 4.99 Å². The number of sulfonamides is 1. The molecule has 2 aliphatic rings. The van der Waals surface area contributed by atoms with Crippen LogP contribution in [0.25, 0.3) is 0 Å². The average molecular weight is 471 g/mol. The fourth-order valence-corrected chi connectivity index (χ4v) is 6.27. The van der Waals surface area contributed by atoms with Crippen LogP contribution in [0.5, 0.6) is 0 Å². The molecule has 6 nitrogen and oxygen atoms in total. The van der Waals surface area contributed by atoms with Gasteiger partial charge in [0.15, 0.2) is 0 Å². The Bertz CT molecular complexity index is 1190. The molecule has 1 aromatic carbocycles. The quantitative estimate of drug-likeness (QED) is 0.548. The van der Waals surface area contributed by atoms with Crippen molar-refractivity contribution in [3.05, 3.63) is 47.3 Å². The average Bonchev–Trinajstić information content (AvgIpc) is 3.26. The Kier molecular flexibility index (Phi) is 5.26. The molecule has 1 N–H and O–H groups in total. The molecule has 1 amide bonds. The molecule has 2 radical (unpaired) electrons. The summed E-state index contributed by atoms with van der Waals surface area (Å²) in [5.74, 6) is -2.06. The fraction of sp³-hybridized carbons (Fsp3) is 0.333. The van der Waals surface area contributed by atoms with Crippen LogP contribution in [0.1, 0.15) is 24.0 Å². The Morgan fingerprint density at radius 2 is 1.84 bits per heavy atom. The first-order valence-corrected chi connectivity index (χ1v) is 11.3. The van der Waals surface area contributed by atoms with Gasteiger partial charge in [0.1, 0.15) is 29.2 Å². The van der Waals surface area contributed by atoms with Crippen LogP contribution >= 0.6 is 11.3 Å². The lowest BCUT2D eigenvalue weighted by Crippen LogP contribution is -2.50. The Hall–Kier alpha value is -2.25. The van der Waals surface area contributed by atoms with Gasteiger partial charge in [-0.05, 0) is 41.9 Å². The zero-order chi connectivity index (χ0) is 22.6. The molecule has 0 atom stereocenters. The second kappa shape index (κ2) is 7.42. The number of hydrogen-bond donors (Lipinski definition) is 1. The van der Waals surface area contributed by atoms with Gasteiger partial charge in [-0.1, -0.05) is 6.07 Å². The molecule has 4 rings (SSSR count). The summed E-state index contributed by atoms with van der Waals surface area (Å²) in [5.41, 5.74) is -2.83. The van der Waals surface area contributed by atoms with Crippen LogP contribution in [0.3, 0.4) is 0 Å². The Labute approximate surface area is 180 Å². The van der Waals surface area contributed by atoms with Crippen molar-refractivity contribution in [2.45, 2.75) is 28.8 Å². The normalized spacial score (nSPS) is 19.5. The van der Waals surface area contributed by atoms with Gasteiger partial charge in [-0.2, -0.15) is 17.5 Å². The number of piperidine rings is 1. The van der Waals surface area contributed by atoms with E-state index in [1.54, 1.807) is 0 Å². The summed E-state index contributed by atoms with van der Waals surface area (Å²) in [5, 5.41) is 2.46. The monoisotopic (exact) mass is 471 g/mol. The third-order valence-corrected chi connectivity index (χ3v) is 8.55. The fourth-order valence-electron chi connectivity index (χ4n) is 3.58. The summed E-state index contributed by atoms with van der Waals surface area (Å²) < 4.78 is 79.7. The molecule has 3 heterocycles. The first kappa shape index (κ1) is 22.0. The molecule has 13 heteroatoms. The number of rotatable bonds is 3. The summed E-state index contributed by atoms with van der Waals surface area (Å²) in [6.07, 6.45) is -4.79. The van der Waals surface area contributed by atoms with E-state index in [2.05, 4.69) is 10.3 Å². The van der Waals surface area contributed by atoms with Crippen LogP contribution in [0, 0.1) is 5.82 Å². The molecular formula is C18H14BF4N3O3S2. The highest BCUT2D eigenvalue weighted by Gasteiger charge is 2.48. The molecule has 0 unspecified atom stereocenters. The van der Waals surface area contributed by atoms with Gasteiger partial charge >= 0.3 is 6.18 Å². The number of nitrogens with zero attached hydrogens (tertiary/aromatic N) is 2. The number of carbonyl (C=O) groups excluding carboxylic acids is 1. The smallest absolute Gasteiger partial charge is 0.308 e. The number of amidine groups is 1. The molecule has 2 aromatic rings. The SMILES string of the molecule is [B]c1ccc(S(=O)(=O)N2CCC3(CC2)N=C(c2ccc(F)c(C(F)(F)F)c2)NC3=O)s1. The van der Waals surface area contributed by atoms with Gasteiger partial charge in [0.25, 0.3) is 15.9 Å². The molecule has 0 saturated carbocycles. The summed E-state index contributed by atoms with van der Waals surface area (Å²) >= 11 is 0.933. The maximum atomic E-state index is 13.6. The van der Waals surface area contributed by atoms with Crippen molar-refractivity contribution in [3.8, 4) is 0 Å². The van der Waals surface area contributed by atoms with E-state index in [1.165, 1.54) is 16.4 Å². The van der Waals surface area contributed by atoms with Gasteiger partial charge in [0, 0.05) is 18.7 Å². The van der Waals surface area contributed by atoms with Crippen molar-refractivity contribution < 1.29 is 30.8 Å². The van der Waals surface area contributed by atoms with Crippen LogP contribution in [0.4, 0.5) is 17.6 Å². The summed E-state index contributed by atoms with van der Waals surface area (Å²) in [7, 11) is 1.83. The van der Waals surface area contributed by atoms with Gasteiger partial charge < -0.3 is 5.32 Å². The van der Waals surface area contributed by atoms with Crippen LogP contribution in [-0.2, 0) is 21.0 Å². The summed E-state index contributed by atoms with van der Waals surface area (Å²) in [4.78, 5) is 16.9. The van der Waals surface area contributed by atoms with Gasteiger partial charge in [0.2, 0.25) is 0 Å². The zero-order valence-electron chi connectivity index (χ0n) is 15.7. The topological polar surface area (TPSA) is 78.8 Å². The zero-order valence-corrected chi connectivity index (χ0v) is 17.4. The van der Waals surface area contributed by atoms with E-state index >= 15 is 0 Å². The van der Waals surface area contributed by atoms with E-state index in [-0.39, 0.29) is 41.5 Å². The third kappa shape index (κ3) is 3.89. The molecule has 0 bridgehead atoms. The number of thiophene rings is 1. The van der Waals surface area contributed by atoms with Crippen LogP contribution in [0.2, 0.25) is 0 Å². The minimum atomic E-state index is -4.90. The highest BCUT2D eigenvalue weighted by atomic mass is 32.2. The maximum Gasteiger partial charge on any atom is 0.419 e. The number of halogens is 4. The second-order valence-electron chi connectivity index (χ2n) is 7.20. The standard InChI is InChI=1S/C18H14BF4N3O3S2/c19-13-3-4-14(30-13)31(28,29)26-7-5-17(6-8-26)16(27)24-15(25-17)10-1-2-12(20)11(9-10)18(21,22)23/h1-4,9H,5-8H2,(H,24,25,27). The van der Waals surface area contributed by atoms with Gasteiger partial charge in [-0.3, -0.25) is 9.79 Å². The summed E-state index contributed by atoms with van der Waals surface area (Å²) in [6.45, 7) is 0.00309. The number of hydrogen-bond acceptors (Lipinski definition) is 5. The lowest BCUT2D eigenvalue weighted by atomic mass is 9.89. The number of carbonyl (C=O) groups is 1. The molecule has 31 heavy (non-hydrogen) atoms. The van der Waals surface area contributed by atoms with E-state index in [9.17, 15) is 30.8 Å². The number of aliphatic imine (C=N–C) groups is 1. The molecule has 162 valence electrons. The molecule has 0 aliphatic carbocycles. The first-order valence-electron chi connectivity index (χ1n) is 9.06. The predicted octanol–water partition coefficient (Wildman–Crippen LogP) is 1.80. The first-order chi connectivity index (χ1) is 14.4. The van der Waals surface area contributed by atoms with Crippen molar-refractivity contribution in [2.75, 3.05) is 13.1 Å². The van der Waals surface area contributed by atoms with Gasteiger partial charge in [-0.15, -0.1) is 11.3 Å². The van der Waals surface area contributed by atoms with Gasteiger partial charge in [0.05, 0.1) is 5.56 Å². The Morgan fingerprint density at radius 3 is 2.42 bits per heavy atom. The van der Waals surface area contributed by atoms with E-state index < -0.39 is 39.0 Å². The number of alkyl halides is 3. The van der Waals surface area contributed by atoms with E-state index in [4.69, 9.17) is 7.85 Å². The van der Waals surface area contributed by atoms with E-state index in [1.807, 2.05) is 0 Å². The van der Waals surface area contributed by atoms with Crippen LogP contribution in [0.15, 0.2) is 39.5 Å². The number of amides is 1. The third-order valence-electron chi connectivity index (χ3n) is 5.27. The highest BCUT2D eigenvalue weighted by Crippen LogP contribution is 2.35. The Morgan fingerprint density at radius 1 is 1.16 bits per heavy atom. The lowest BCUT2D eigenvalue weighted by molar-refractivity contribution is -0.140. The Balaban J connectivity index is 1.57. The molecule has 1 aromatic heterocycles. The van der Waals surface area contributed by atoms with Crippen molar-refractivity contribution >= 4 is 45.7 Å². The van der Waals surface area contributed by atoms with E-state index in [0.717, 1.165) is 17.4 Å². The van der Waals surface area contributed by atoms with Crippen molar-refractivity contribution in [3.63, 3.8) is 0 Å². The largest absolute Gasteiger partial charge is 0.419 e. The molecular weight excluding hydrogens is 457 g/mol. The van der Waals surface area contributed by atoms with Gasteiger partial charge in [-0.25, -0.2) is 12.8 Å². The number of benzene rings is 1. The van der Waals surface area contributed by atoms with Crippen molar-refractivity contribution in [1.82, 2.24) is 9.62 Å². The van der Waals surface area contributed by atoms with E-state index in [0.29, 0.717) is 16.9 Å². The highest BCUT2D eigenvalue weighted by molar-refractivity contribution is 7.91. The number of nitrogens with one attached hydrogen (secondary N) is 1. The second-order valence-corrected chi connectivity index (χ2v) is 10.5. The molecule has 2 aliphatic heterocycles. The predicted molar refractivity (Wildman–Crippen MR) is 107 cm³/mol. The lowest BCUT2D eigenvalue weighted by Gasteiger charge is -2.34. The van der Waals surface area contributed by atoms with Crippen molar-refractivity contribution in [1.29, 1.82) is 0 Å². The maximum absolute atomic E-state index is 13.6. The minimum Gasteiger partial charge on any atom is -0.308 e. The van der Waals surface area contributed by atoms with Crippen LogP contribution < -0.4 is 10.1 Å². The molecule has 1 saturated heterocycles. The summed E-state index contributed by atoms with van der Waals surface area (Å²) in [6, 6.07) is 5.25.